The topological polar surface area (TPSA) is 107 Å². The van der Waals surface area contributed by atoms with Crippen LogP contribution in [0.25, 0.3) is 23.9 Å². The molecule has 32 heavy (non-hydrogen) atoms. The number of rotatable bonds is 3. The predicted molar refractivity (Wildman–Crippen MR) is 127 cm³/mol. The van der Waals surface area contributed by atoms with E-state index in [1.54, 1.807) is 18.2 Å². The lowest BCUT2D eigenvalue weighted by Gasteiger charge is -2.23. The van der Waals surface area contributed by atoms with E-state index in [2.05, 4.69) is 36.4 Å². The molecular weight excluding hydrogens is 404 g/mol. The monoisotopic (exact) mass is 434 g/mol. The summed E-state index contributed by atoms with van der Waals surface area (Å²) in [5.41, 5.74) is 6.42. The normalized spacial score (nSPS) is 15.2. The van der Waals surface area contributed by atoms with Crippen LogP contribution >= 0.6 is 0 Å². The fourth-order valence-electron chi connectivity index (χ4n) is 3.70. The first-order valence-electron chi connectivity index (χ1n) is 10.7. The first-order valence-corrected chi connectivity index (χ1v) is 10.7. The molecule has 3 aromatic rings. The maximum atomic E-state index is 12.1. The Morgan fingerprint density at radius 1 is 1.16 bits per heavy atom. The smallest absolute Gasteiger partial charge is 0.267 e. The van der Waals surface area contributed by atoms with Crippen molar-refractivity contribution in [2.24, 2.45) is 5.73 Å². The zero-order chi connectivity index (χ0) is 23.8. The predicted octanol–water partition coefficient (Wildman–Crippen LogP) is 2.21. The van der Waals surface area contributed by atoms with Gasteiger partial charge in [-0.1, -0.05) is 58.2 Å². The Kier molecular flexibility index (Phi) is 8.46. The van der Waals surface area contributed by atoms with Gasteiger partial charge in [0, 0.05) is 34.1 Å². The maximum Gasteiger partial charge on any atom is 0.267 e. The average Bonchev–Trinajstić information content (AvgIpc) is 3.06. The summed E-state index contributed by atoms with van der Waals surface area (Å²) in [5.74, 6) is -0.964. The van der Waals surface area contributed by atoms with Crippen molar-refractivity contribution in [3.8, 4) is 0 Å². The van der Waals surface area contributed by atoms with E-state index >= 15 is 0 Å². The molecule has 1 atom stereocenters. The molecule has 1 aliphatic rings. The molecule has 7 heteroatoms. The Morgan fingerprint density at radius 2 is 1.88 bits per heavy atom. The third kappa shape index (κ3) is 5.11. The number of carbonyl (C=O) groups excluding carboxylic acids is 3. The van der Waals surface area contributed by atoms with Gasteiger partial charge in [0.2, 0.25) is 11.8 Å². The second kappa shape index (κ2) is 11.0. The van der Waals surface area contributed by atoms with Crippen LogP contribution in [0.3, 0.4) is 0 Å². The van der Waals surface area contributed by atoms with Crippen LogP contribution in [0.15, 0.2) is 42.6 Å². The van der Waals surface area contributed by atoms with Gasteiger partial charge in [-0.25, -0.2) is 0 Å². The summed E-state index contributed by atoms with van der Waals surface area (Å²) in [7, 11) is 0. The van der Waals surface area contributed by atoms with Crippen LogP contribution in [0.4, 0.5) is 0 Å². The van der Waals surface area contributed by atoms with Gasteiger partial charge in [-0.2, -0.15) is 0 Å². The quantitative estimate of drug-likeness (QED) is 0.616. The SMILES string of the molecule is C=c1c2cccc(CC)c2c(=C)n1C1CCC(=O)NC1=O.CC.NC(=O)c1ccccn1. The van der Waals surface area contributed by atoms with Crippen molar-refractivity contribution in [1.82, 2.24) is 14.9 Å². The number of aryl methyl sites for hydroxylation is 1. The summed E-state index contributed by atoms with van der Waals surface area (Å²) < 4.78 is 1.88. The highest BCUT2D eigenvalue weighted by Crippen LogP contribution is 2.19. The molecule has 168 valence electrons. The van der Waals surface area contributed by atoms with Gasteiger partial charge < -0.3 is 10.3 Å². The molecule has 0 spiro atoms. The highest BCUT2D eigenvalue weighted by Gasteiger charge is 2.29. The minimum atomic E-state index is -0.490. The first-order chi connectivity index (χ1) is 15.3. The van der Waals surface area contributed by atoms with Crippen molar-refractivity contribution in [3.63, 3.8) is 0 Å². The molecule has 0 radical (unpaired) electrons. The highest BCUT2D eigenvalue weighted by molar-refractivity contribution is 6.00. The molecule has 1 fully saturated rings. The standard InChI is InChI=1S/C17H18N2O2.C6H6N2O.C2H6/c1-4-12-6-5-7-13-10(2)19(11(3)16(12)13)14-8-9-15(20)18-17(14)21;7-6(9)5-3-1-2-4-8-5;1-2/h5-7,14H,2-4,8-9H2,1H3,(H,18,20,21);1-4H,(H2,7,9);1-2H3. The van der Waals surface area contributed by atoms with Gasteiger partial charge in [0.25, 0.3) is 5.91 Å². The number of pyridine rings is 1. The number of nitrogens with one attached hydrogen (secondary N) is 1. The molecule has 3 heterocycles. The Hall–Kier alpha value is -3.74. The van der Waals surface area contributed by atoms with E-state index in [1.807, 2.05) is 30.5 Å². The Bertz CT molecular complexity index is 1220. The average molecular weight is 435 g/mol. The minimum absolute atomic E-state index is 0.210. The summed E-state index contributed by atoms with van der Waals surface area (Å²) >= 11 is 0. The number of aromatic nitrogens is 2. The number of carbonyl (C=O) groups is 3. The zero-order valence-corrected chi connectivity index (χ0v) is 18.9. The highest BCUT2D eigenvalue weighted by atomic mass is 16.2. The van der Waals surface area contributed by atoms with Crippen molar-refractivity contribution in [1.29, 1.82) is 0 Å². The number of benzene rings is 1. The van der Waals surface area contributed by atoms with Gasteiger partial charge in [-0.15, -0.1) is 0 Å². The molecule has 7 nitrogen and oxygen atoms in total. The van der Waals surface area contributed by atoms with Gasteiger partial charge in [0.05, 0.1) is 0 Å². The molecule has 0 aliphatic carbocycles. The molecule has 1 aromatic carbocycles. The lowest BCUT2D eigenvalue weighted by Crippen LogP contribution is -2.46. The number of fused-ring (bicyclic) bond motifs is 1. The van der Waals surface area contributed by atoms with Crippen LogP contribution in [-0.2, 0) is 16.0 Å². The van der Waals surface area contributed by atoms with Crippen molar-refractivity contribution in [2.45, 2.75) is 46.1 Å². The summed E-state index contributed by atoms with van der Waals surface area (Å²) in [6, 6.07) is 10.7. The number of nitrogens with zero attached hydrogens (tertiary/aromatic N) is 2. The van der Waals surface area contributed by atoms with E-state index in [1.165, 1.54) is 11.8 Å². The Balaban J connectivity index is 0.000000277. The number of piperidine rings is 1. The number of primary amides is 1. The lowest BCUT2D eigenvalue weighted by atomic mass is 10.1. The van der Waals surface area contributed by atoms with Crippen LogP contribution in [0.1, 0.15) is 55.7 Å². The summed E-state index contributed by atoms with van der Waals surface area (Å²) in [4.78, 5) is 37.5. The van der Waals surface area contributed by atoms with Gasteiger partial charge in [0.15, 0.2) is 0 Å². The van der Waals surface area contributed by atoms with Gasteiger partial charge in [-0.05, 0) is 30.5 Å². The second-order valence-electron chi connectivity index (χ2n) is 7.00. The molecule has 0 bridgehead atoms. The third-order valence-electron chi connectivity index (χ3n) is 5.15. The minimum Gasteiger partial charge on any atom is -0.364 e. The van der Waals surface area contributed by atoms with Crippen LogP contribution in [0.2, 0.25) is 0 Å². The first kappa shape index (κ1) is 24.5. The van der Waals surface area contributed by atoms with Crippen LogP contribution in [0.5, 0.6) is 0 Å². The largest absolute Gasteiger partial charge is 0.364 e. The van der Waals surface area contributed by atoms with Crippen LogP contribution < -0.4 is 21.7 Å². The van der Waals surface area contributed by atoms with Crippen LogP contribution in [0, 0.1) is 0 Å². The Labute approximate surface area is 187 Å². The second-order valence-corrected chi connectivity index (χ2v) is 7.00. The zero-order valence-electron chi connectivity index (χ0n) is 18.9. The van der Waals surface area contributed by atoms with Crippen molar-refractivity contribution in [2.75, 3.05) is 0 Å². The summed E-state index contributed by atoms with van der Waals surface area (Å²) in [6.07, 6.45) is 3.28. The molecule has 3 amide bonds. The molecule has 1 saturated heterocycles. The summed E-state index contributed by atoms with van der Waals surface area (Å²) in [5, 5.41) is 6.11. The molecular formula is C25H30N4O3. The fraction of sp³-hybridized carbons (Fsp3) is 0.280. The van der Waals surface area contributed by atoms with E-state index in [0.717, 1.165) is 27.9 Å². The molecule has 1 unspecified atom stereocenters. The number of hydrogen-bond donors (Lipinski definition) is 2. The molecule has 1 aliphatic heterocycles. The van der Waals surface area contributed by atoms with Gasteiger partial charge >= 0.3 is 0 Å². The van der Waals surface area contributed by atoms with Gasteiger partial charge in [0.1, 0.15) is 11.7 Å². The van der Waals surface area contributed by atoms with Crippen molar-refractivity contribution < 1.29 is 14.4 Å². The molecule has 3 N–H and O–H groups in total. The third-order valence-corrected chi connectivity index (χ3v) is 5.15. The van der Waals surface area contributed by atoms with E-state index in [9.17, 15) is 14.4 Å². The summed E-state index contributed by atoms with van der Waals surface area (Å²) in [6.45, 7) is 14.4. The van der Waals surface area contributed by atoms with E-state index in [-0.39, 0.29) is 11.8 Å². The number of imide groups is 1. The fourth-order valence-corrected chi connectivity index (χ4v) is 3.70. The molecule has 2 aromatic heterocycles. The van der Waals surface area contributed by atoms with E-state index < -0.39 is 11.9 Å². The van der Waals surface area contributed by atoms with Crippen molar-refractivity contribution >= 4 is 41.7 Å². The number of nitrogens with two attached hydrogens (primary N) is 1. The van der Waals surface area contributed by atoms with Crippen LogP contribution in [-0.4, -0.2) is 27.3 Å². The van der Waals surface area contributed by atoms with Crippen molar-refractivity contribution in [3.05, 3.63) is 64.6 Å². The van der Waals surface area contributed by atoms with E-state index in [0.29, 0.717) is 18.5 Å². The molecule has 0 saturated carbocycles. The Morgan fingerprint density at radius 3 is 2.41 bits per heavy atom. The van der Waals surface area contributed by atoms with E-state index in [4.69, 9.17) is 5.73 Å². The molecule has 4 rings (SSSR count). The lowest BCUT2D eigenvalue weighted by molar-refractivity contribution is -0.135. The van der Waals surface area contributed by atoms with Gasteiger partial charge in [-0.3, -0.25) is 24.7 Å². The number of amides is 3. The number of hydrogen-bond acceptors (Lipinski definition) is 4. The maximum absolute atomic E-state index is 12.1.